The van der Waals surface area contributed by atoms with E-state index in [0.717, 1.165) is 29.3 Å². The third kappa shape index (κ3) is 4.27. The van der Waals surface area contributed by atoms with Crippen LogP contribution in [0.4, 0.5) is 0 Å². The first kappa shape index (κ1) is 18.7. The van der Waals surface area contributed by atoms with Gasteiger partial charge in [0.1, 0.15) is 9.77 Å². The molecule has 1 aliphatic rings. The molecule has 0 amide bonds. The van der Waals surface area contributed by atoms with Crippen LogP contribution in [0.1, 0.15) is 16.1 Å². The van der Waals surface area contributed by atoms with Crippen LogP contribution in [0.25, 0.3) is 0 Å². The second-order valence-corrected chi connectivity index (χ2v) is 9.49. The van der Waals surface area contributed by atoms with Crippen molar-refractivity contribution in [3.8, 4) is 0 Å². The summed E-state index contributed by atoms with van der Waals surface area (Å²) < 4.78 is 32.5. The molecule has 6 nitrogen and oxygen atoms in total. The van der Waals surface area contributed by atoms with Gasteiger partial charge in [-0.2, -0.15) is 16.1 Å². The third-order valence-corrected chi connectivity index (χ3v) is 7.76. The first-order valence-corrected chi connectivity index (χ1v) is 10.8. The van der Waals surface area contributed by atoms with Crippen molar-refractivity contribution in [1.29, 1.82) is 0 Å². The molecule has 1 fully saturated rings. The number of methoxy groups -OCH3 is 1. The molecule has 2 heterocycles. The van der Waals surface area contributed by atoms with Gasteiger partial charge >= 0.3 is 5.97 Å². The topological polar surface area (TPSA) is 66.9 Å². The molecule has 0 aliphatic carbocycles. The van der Waals surface area contributed by atoms with Crippen LogP contribution < -0.4 is 0 Å². The lowest BCUT2D eigenvalue weighted by Gasteiger charge is -2.30. The third-order valence-electron chi connectivity index (χ3n) is 3.55. The van der Waals surface area contributed by atoms with Gasteiger partial charge in [0.25, 0.3) is 0 Å². The van der Waals surface area contributed by atoms with E-state index in [2.05, 4.69) is 0 Å². The van der Waals surface area contributed by atoms with Crippen molar-refractivity contribution < 1.29 is 17.9 Å². The highest BCUT2D eigenvalue weighted by Crippen LogP contribution is 2.29. The number of carbonyl (C=O) groups excluding carboxylic acids is 1. The van der Waals surface area contributed by atoms with Gasteiger partial charge in [-0.1, -0.05) is 0 Å². The molecule has 1 aliphatic heterocycles. The number of nitrogens with zero attached hydrogens (tertiary/aromatic N) is 2. The maximum atomic E-state index is 13.1. The lowest BCUT2D eigenvalue weighted by atomic mass is 10.3. The normalized spacial score (nSPS) is 20.4. The molecule has 23 heavy (non-hydrogen) atoms. The molecular weight excluding hydrogens is 356 g/mol. The number of sulfonamides is 1. The number of hydrogen-bond acceptors (Lipinski definition) is 7. The standard InChI is InChI=1S/C14H22N2O4S3/c1-15(2)9-11-10-21-7-4-6-16(11)23(18,19)12-5-8-22-13(12)14(17)20-3/h5,8,11H,4,6-7,9-10H2,1-3H3. The number of ether oxygens (including phenoxy) is 1. The monoisotopic (exact) mass is 378 g/mol. The highest BCUT2D eigenvalue weighted by molar-refractivity contribution is 7.99. The van der Waals surface area contributed by atoms with Crippen molar-refractivity contribution in [2.45, 2.75) is 17.4 Å². The number of hydrogen-bond donors (Lipinski definition) is 0. The Morgan fingerprint density at radius 3 is 2.87 bits per heavy atom. The second-order valence-electron chi connectivity index (χ2n) is 5.57. The summed E-state index contributed by atoms with van der Waals surface area (Å²) in [7, 11) is 1.41. The molecule has 2 rings (SSSR count). The summed E-state index contributed by atoms with van der Waals surface area (Å²) in [4.78, 5) is 14.0. The van der Waals surface area contributed by atoms with Crippen molar-refractivity contribution in [2.24, 2.45) is 0 Å². The molecule has 0 saturated carbocycles. The molecule has 1 saturated heterocycles. The molecule has 1 aromatic heterocycles. The largest absolute Gasteiger partial charge is 0.465 e. The molecular formula is C14H22N2O4S3. The summed E-state index contributed by atoms with van der Waals surface area (Å²) in [5, 5.41) is 1.62. The van der Waals surface area contributed by atoms with Gasteiger partial charge in [-0.25, -0.2) is 13.2 Å². The Labute approximate surface area is 145 Å². The SMILES string of the molecule is COC(=O)c1sccc1S(=O)(=O)N1CCCSCC1CN(C)C. The maximum Gasteiger partial charge on any atom is 0.349 e. The quantitative estimate of drug-likeness (QED) is 0.725. The van der Waals surface area contributed by atoms with E-state index in [1.54, 1.807) is 21.4 Å². The highest BCUT2D eigenvalue weighted by atomic mass is 32.2. The average Bonchev–Trinajstić information content (AvgIpc) is 2.88. The minimum absolute atomic E-state index is 0.0602. The van der Waals surface area contributed by atoms with Crippen LogP contribution in [0.5, 0.6) is 0 Å². The molecule has 1 aromatic rings. The fourth-order valence-corrected chi connectivity index (χ4v) is 6.67. The Balaban J connectivity index is 2.39. The lowest BCUT2D eigenvalue weighted by molar-refractivity contribution is 0.0602. The number of thioether (sulfide) groups is 1. The fourth-order valence-electron chi connectivity index (χ4n) is 2.56. The van der Waals surface area contributed by atoms with Crippen LogP contribution >= 0.6 is 23.1 Å². The minimum atomic E-state index is -3.72. The van der Waals surface area contributed by atoms with Gasteiger partial charge < -0.3 is 9.64 Å². The van der Waals surface area contributed by atoms with Gasteiger partial charge in [0.05, 0.1) is 7.11 Å². The maximum absolute atomic E-state index is 13.1. The van der Waals surface area contributed by atoms with E-state index >= 15 is 0 Å². The predicted molar refractivity (Wildman–Crippen MR) is 93.8 cm³/mol. The van der Waals surface area contributed by atoms with E-state index in [4.69, 9.17) is 4.74 Å². The predicted octanol–water partition coefficient (Wildman–Crippen LogP) is 1.59. The zero-order chi connectivity index (χ0) is 17.0. The number of carbonyl (C=O) groups is 1. The summed E-state index contributed by atoms with van der Waals surface area (Å²) >= 11 is 2.87. The van der Waals surface area contributed by atoms with Crippen molar-refractivity contribution in [2.75, 3.05) is 45.8 Å². The molecule has 0 aromatic carbocycles. The highest BCUT2D eigenvalue weighted by Gasteiger charge is 2.36. The summed E-state index contributed by atoms with van der Waals surface area (Å²) in [5.74, 6) is 1.10. The van der Waals surface area contributed by atoms with Crippen molar-refractivity contribution in [3.05, 3.63) is 16.3 Å². The van der Waals surface area contributed by atoms with E-state index in [0.29, 0.717) is 13.1 Å². The molecule has 0 bridgehead atoms. The van der Waals surface area contributed by atoms with Crippen LogP contribution in [0, 0.1) is 0 Å². The first-order valence-electron chi connectivity index (χ1n) is 7.28. The second kappa shape index (κ2) is 7.98. The average molecular weight is 379 g/mol. The van der Waals surface area contributed by atoms with Gasteiger partial charge in [-0.3, -0.25) is 0 Å². The van der Waals surface area contributed by atoms with Gasteiger partial charge in [0.15, 0.2) is 0 Å². The molecule has 9 heteroatoms. The molecule has 130 valence electrons. The smallest absolute Gasteiger partial charge is 0.349 e. The lowest BCUT2D eigenvalue weighted by Crippen LogP contribution is -2.46. The summed E-state index contributed by atoms with van der Waals surface area (Å²) in [6.45, 7) is 1.13. The van der Waals surface area contributed by atoms with Crippen molar-refractivity contribution in [3.63, 3.8) is 0 Å². The van der Waals surface area contributed by atoms with E-state index in [-0.39, 0.29) is 15.8 Å². The van der Waals surface area contributed by atoms with Crippen LogP contribution in [0.3, 0.4) is 0 Å². The van der Waals surface area contributed by atoms with Crippen LogP contribution in [-0.4, -0.2) is 75.4 Å². The van der Waals surface area contributed by atoms with Crippen molar-refractivity contribution >= 4 is 39.1 Å². The van der Waals surface area contributed by atoms with Crippen LogP contribution in [0.15, 0.2) is 16.3 Å². The minimum Gasteiger partial charge on any atom is -0.465 e. The molecule has 1 unspecified atom stereocenters. The number of rotatable bonds is 5. The summed E-state index contributed by atoms with van der Waals surface area (Å²) in [6.07, 6.45) is 0.811. The van der Waals surface area contributed by atoms with Gasteiger partial charge in [0.2, 0.25) is 10.0 Å². The number of esters is 1. The van der Waals surface area contributed by atoms with E-state index in [1.165, 1.54) is 13.2 Å². The van der Waals surface area contributed by atoms with E-state index in [9.17, 15) is 13.2 Å². The number of likely N-dealkylation sites (N-methyl/N-ethyl adjacent to an activating group) is 1. The number of thiophene rings is 1. The zero-order valence-electron chi connectivity index (χ0n) is 13.5. The van der Waals surface area contributed by atoms with Crippen LogP contribution in [-0.2, 0) is 14.8 Å². The first-order chi connectivity index (χ1) is 10.9. The van der Waals surface area contributed by atoms with Crippen LogP contribution in [0.2, 0.25) is 0 Å². The Morgan fingerprint density at radius 2 is 2.22 bits per heavy atom. The molecule has 0 spiro atoms. The van der Waals surface area contributed by atoms with E-state index in [1.807, 2.05) is 19.0 Å². The van der Waals surface area contributed by atoms with Gasteiger partial charge in [-0.15, -0.1) is 11.3 Å². The van der Waals surface area contributed by atoms with Gasteiger partial charge in [0, 0.05) is 24.9 Å². The zero-order valence-corrected chi connectivity index (χ0v) is 16.0. The Morgan fingerprint density at radius 1 is 1.48 bits per heavy atom. The molecule has 0 radical (unpaired) electrons. The summed E-state index contributed by atoms with van der Waals surface area (Å²) in [5.41, 5.74) is 0. The Bertz CT molecular complexity index is 642. The molecule has 1 atom stereocenters. The summed E-state index contributed by atoms with van der Waals surface area (Å²) in [6, 6.07) is 1.39. The Kier molecular flexibility index (Phi) is 6.49. The molecule has 0 N–H and O–H groups in total. The van der Waals surface area contributed by atoms with Crippen molar-refractivity contribution in [1.82, 2.24) is 9.21 Å². The van der Waals surface area contributed by atoms with Gasteiger partial charge in [-0.05, 0) is 37.7 Å². The van der Waals surface area contributed by atoms with E-state index < -0.39 is 16.0 Å². The fraction of sp³-hybridized carbons (Fsp3) is 0.643. The Hall–Kier alpha value is -0.610.